The first-order valence-corrected chi connectivity index (χ1v) is 11.5. The summed E-state index contributed by atoms with van der Waals surface area (Å²) in [5.74, 6) is 0.0878. The van der Waals surface area contributed by atoms with E-state index in [1.807, 2.05) is 31.2 Å². The molecule has 3 aromatic carbocycles. The first-order valence-electron chi connectivity index (χ1n) is 11.5. The summed E-state index contributed by atoms with van der Waals surface area (Å²) in [6.45, 7) is 3.05. The minimum atomic E-state index is -1.23. The molecule has 36 heavy (non-hydrogen) atoms. The largest absolute Gasteiger partial charge is 0.497 e. The molecular formula is C27H27FN4O4. The number of carbonyl (C=O) groups excluding carboxylic acids is 2. The van der Waals surface area contributed by atoms with Gasteiger partial charge in [0.15, 0.2) is 0 Å². The third kappa shape index (κ3) is 5.30. The highest BCUT2D eigenvalue weighted by atomic mass is 19.1. The third-order valence-electron chi connectivity index (χ3n) is 5.78. The first kappa shape index (κ1) is 24.7. The standard InChI is InChI=1S/C27H27FN4O4/c1-4-27(31-26(34)17-29-18(2)33,20-6-5-7-23(15-20)35-3)36-24-12-13-25-19(14-24)16-30-32(25)22-10-8-21(28)9-11-22/h5-16H,4,17H2,1-3H3,(H,29,33)(H,31,34). The molecule has 0 aliphatic heterocycles. The summed E-state index contributed by atoms with van der Waals surface area (Å²) in [5.41, 5.74) is 0.990. The van der Waals surface area contributed by atoms with E-state index in [1.54, 1.807) is 48.3 Å². The van der Waals surface area contributed by atoms with E-state index in [-0.39, 0.29) is 18.3 Å². The summed E-state index contributed by atoms with van der Waals surface area (Å²) in [6.07, 6.45) is 2.08. The zero-order valence-corrected chi connectivity index (χ0v) is 20.2. The molecule has 1 heterocycles. The first-order chi connectivity index (χ1) is 17.3. The quantitative estimate of drug-likeness (QED) is 0.345. The predicted molar refractivity (Wildman–Crippen MR) is 133 cm³/mol. The summed E-state index contributed by atoms with van der Waals surface area (Å²) >= 11 is 0. The van der Waals surface area contributed by atoms with Gasteiger partial charge in [0.25, 0.3) is 0 Å². The van der Waals surface area contributed by atoms with Gasteiger partial charge in [-0.25, -0.2) is 9.07 Å². The Bertz CT molecular complexity index is 1390. The lowest BCUT2D eigenvalue weighted by molar-refractivity contribution is -0.130. The van der Waals surface area contributed by atoms with Crippen molar-refractivity contribution in [3.63, 3.8) is 0 Å². The number of rotatable bonds is 9. The summed E-state index contributed by atoms with van der Waals surface area (Å²) in [7, 11) is 1.57. The molecular weight excluding hydrogens is 463 g/mol. The molecule has 0 bridgehead atoms. The number of carbonyl (C=O) groups is 2. The number of amides is 2. The second-order valence-corrected chi connectivity index (χ2v) is 8.23. The van der Waals surface area contributed by atoms with Gasteiger partial charge in [-0.3, -0.25) is 9.59 Å². The van der Waals surface area contributed by atoms with Crippen LogP contribution >= 0.6 is 0 Å². The molecule has 1 unspecified atom stereocenters. The van der Waals surface area contributed by atoms with Crippen LogP contribution in [0.2, 0.25) is 0 Å². The second kappa shape index (κ2) is 10.5. The minimum absolute atomic E-state index is 0.187. The zero-order chi connectivity index (χ0) is 25.7. The van der Waals surface area contributed by atoms with E-state index in [2.05, 4.69) is 15.7 Å². The van der Waals surface area contributed by atoms with Crippen LogP contribution in [0.3, 0.4) is 0 Å². The Morgan fingerprint density at radius 3 is 2.53 bits per heavy atom. The van der Waals surface area contributed by atoms with Crippen LogP contribution in [0.5, 0.6) is 11.5 Å². The predicted octanol–water partition coefficient (Wildman–Crippen LogP) is 4.07. The lowest BCUT2D eigenvalue weighted by atomic mass is 9.98. The molecule has 1 aromatic heterocycles. The van der Waals surface area contributed by atoms with Crippen molar-refractivity contribution in [3.8, 4) is 17.2 Å². The van der Waals surface area contributed by atoms with Crippen LogP contribution in [0.15, 0.2) is 72.9 Å². The van der Waals surface area contributed by atoms with Gasteiger partial charge < -0.3 is 20.1 Å². The lowest BCUT2D eigenvalue weighted by Crippen LogP contribution is -2.52. The zero-order valence-electron chi connectivity index (χ0n) is 20.2. The van der Waals surface area contributed by atoms with Gasteiger partial charge in [-0.2, -0.15) is 5.10 Å². The second-order valence-electron chi connectivity index (χ2n) is 8.23. The van der Waals surface area contributed by atoms with Crippen molar-refractivity contribution in [2.45, 2.75) is 26.0 Å². The maximum absolute atomic E-state index is 13.3. The van der Waals surface area contributed by atoms with E-state index in [9.17, 15) is 14.0 Å². The summed E-state index contributed by atoms with van der Waals surface area (Å²) in [4.78, 5) is 24.1. The molecule has 2 amide bonds. The monoisotopic (exact) mass is 490 g/mol. The summed E-state index contributed by atoms with van der Waals surface area (Å²) in [6, 6.07) is 18.8. The fourth-order valence-electron chi connectivity index (χ4n) is 3.93. The van der Waals surface area contributed by atoms with Crippen LogP contribution in [-0.2, 0) is 15.3 Å². The van der Waals surface area contributed by atoms with E-state index in [4.69, 9.17) is 9.47 Å². The molecule has 4 rings (SSSR count). The van der Waals surface area contributed by atoms with Gasteiger partial charge in [0.05, 0.1) is 31.1 Å². The summed E-state index contributed by atoms with van der Waals surface area (Å²) < 4.78 is 26.9. The molecule has 0 aliphatic rings. The number of fused-ring (bicyclic) bond motifs is 1. The number of methoxy groups -OCH3 is 1. The Morgan fingerprint density at radius 2 is 1.83 bits per heavy atom. The third-order valence-corrected chi connectivity index (χ3v) is 5.78. The SMILES string of the molecule is CCC(NC(=O)CNC(C)=O)(Oc1ccc2c(cnn2-c2ccc(F)cc2)c1)c1cccc(OC)c1. The van der Waals surface area contributed by atoms with Crippen LogP contribution in [0.1, 0.15) is 25.8 Å². The smallest absolute Gasteiger partial charge is 0.242 e. The number of nitrogens with zero attached hydrogens (tertiary/aromatic N) is 2. The maximum atomic E-state index is 13.3. The molecule has 0 fully saturated rings. The summed E-state index contributed by atoms with van der Waals surface area (Å²) in [5, 5.41) is 10.7. The van der Waals surface area contributed by atoms with Crippen LogP contribution < -0.4 is 20.1 Å². The van der Waals surface area contributed by atoms with Crippen LogP contribution in [0.4, 0.5) is 4.39 Å². The van der Waals surface area contributed by atoms with Gasteiger partial charge in [-0.1, -0.05) is 19.1 Å². The van der Waals surface area contributed by atoms with Crippen molar-refractivity contribution in [2.24, 2.45) is 0 Å². The van der Waals surface area contributed by atoms with Crippen LogP contribution in [-0.4, -0.2) is 35.2 Å². The Morgan fingerprint density at radius 1 is 1.06 bits per heavy atom. The Balaban J connectivity index is 1.70. The number of hydrogen-bond acceptors (Lipinski definition) is 5. The number of nitrogens with one attached hydrogen (secondary N) is 2. The topological polar surface area (TPSA) is 94.5 Å². The average molecular weight is 491 g/mol. The Labute approximate surface area is 208 Å². The van der Waals surface area contributed by atoms with Gasteiger partial charge in [0.2, 0.25) is 17.5 Å². The number of benzene rings is 3. The molecule has 186 valence electrons. The average Bonchev–Trinajstić information content (AvgIpc) is 3.30. The van der Waals surface area contributed by atoms with E-state index in [1.165, 1.54) is 19.1 Å². The fraction of sp³-hybridized carbons (Fsp3) is 0.222. The minimum Gasteiger partial charge on any atom is -0.497 e. The van der Waals surface area contributed by atoms with E-state index < -0.39 is 11.6 Å². The lowest BCUT2D eigenvalue weighted by Gasteiger charge is -2.35. The van der Waals surface area contributed by atoms with E-state index in [0.29, 0.717) is 23.5 Å². The molecule has 0 saturated heterocycles. The van der Waals surface area contributed by atoms with Crippen molar-refractivity contribution in [1.82, 2.24) is 20.4 Å². The molecule has 2 N–H and O–H groups in total. The van der Waals surface area contributed by atoms with Gasteiger partial charge in [0.1, 0.15) is 17.3 Å². The van der Waals surface area contributed by atoms with Gasteiger partial charge in [-0.05, 0) is 54.6 Å². The van der Waals surface area contributed by atoms with Crippen molar-refractivity contribution < 1.29 is 23.5 Å². The Hall–Kier alpha value is -4.40. The molecule has 0 aliphatic carbocycles. The highest BCUT2D eigenvalue weighted by molar-refractivity contribution is 5.84. The number of halogens is 1. The van der Waals surface area contributed by atoms with Crippen molar-refractivity contribution in [3.05, 3.63) is 84.3 Å². The van der Waals surface area contributed by atoms with Crippen LogP contribution in [0, 0.1) is 5.82 Å². The van der Waals surface area contributed by atoms with Crippen molar-refractivity contribution in [1.29, 1.82) is 0 Å². The molecule has 1 atom stereocenters. The molecule has 0 radical (unpaired) electrons. The molecule has 4 aromatic rings. The van der Waals surface area contributed by atoms with Crippen LogP contribution in [0.25, 0.3) is 16.6 Å². The maximum Gasteiger partial charge on any atom is 0.242 e. The fourth-order valence-corrected chi connectivity index (χ4v) is 3.93. The number of aromatic nitrogens is 2. The number of ether oxygens (including phenoxy) is 2. The van der Waals surface area contributed by atoms with Gasteiger partial charge in [0, 0.05) is 24.3 Å². The number of hydrogen-bond donors (Lipinski definition) is 2. The highest BCUT2D eigenvalue weighted by Crippen LogP contribution is 2.33. The molecule has 8 nitrogen and oxygen atoms in total. The van der Waals surface area contributed by atoms with Gasteiger partial charge >= 0.3 is 0 Å². The van der Waals surface area contributed by atoms with Crippen molar-refractivity contribution >= 4 is 22.7 Å². The normalized spacial score (nSPS) is 12.6. The molecule has 0 saturated carbocycles. The highest BCUT2D eigenvalue weighted by Gasteiger charge is 2.35. The van der Waals surface area contributed by atoms with Gasteiger partial charge in [-0.15, -0.1) is 0 Å². The molecule has 9 heteroatoms. The van der Waals surface area contributed by atoms with E-state index in [0.717, 1.165) is 16.6 Å². The Kier molecular flexibility index (Phi) is 7.19. The van der Waals surface area contributed by atoms with Crippen molar-refractivity contribution in [2.75, 3.05) is 13.7 Å². The van der Waals surface area contributed by atoms with E-state index >= 15 is 0 Å². The molecule has 0 spiro atoms.